The highest BCUT2D eigenvalue weighted by Gasteiger charge is 2.41. The summed E-state index contributed by atoms with van der Waals surface area (Å²) in [7, 11) is 1.83. The van der Waals surface area contributed by atoms with Gasteiger partial charge in [-0.2, -0.15) is 0 Å². The van der Waals surface area contributed by atoms with E-state index in [1.165, 1.54) is 6.42 Å². The first-order valence-electron chi connectivity index (χ1n) is 9.06. The van der Waals surface area contributed by atoms with Gasteiger partial charge in [-0.05, 0) is 30.2 Å². The number of hydrogen-bond acceptors (Lipinski definition) is 2. The molecule has 0 aromatic heterocycles. The second-order valence-electron chi connectivity index (χ2n) is 7.69. The Bertz CT molecular complexity index is 591. The summed E-state index contributed by atoms with van der Waals surface area (Å²) in [5.74, 6) is 1.33. The fourth-order valence-electron chi connectivity index (χ4n) is 4.48. The molecule has 2 amide bonds. The Morgan fingerprint density at radius 3 is 2.33 bits per heavy atom. The van der Waals surface area contributed by atoms with Crippen molar-refractivity contribution in [2.75, 3.05) is 20.1 Å². The third kappa shape index (κ3) is 3.33. The predicted octanol–water partition coefficient (Wildman–Crippen LogP) is 3.10. The van der Waals surface area contributed by atoms with Crippen molar-refractivity contribution in [2.45, 2.75) is 39.2 Å². The summed E-state index contributed by atoms with van der Waals surface area (Å²) < 4.78 is 0. The summed E-state index contributed by atoms with van der Waals surface area (Å²) in [6, 6.07) is 9.85. The number of rotatable bonds is 2. The van der Waals surface area contributed by atoms with Gasteiger partial charge < -0.3 is 9.80 Å². The van der Waals surface area contributed by atoms with Crippen LogP contribution in [0.2, 0.25) is 0 Å². The topological polar surface area (TPSA) is 40.6 Å². The van der Waals surface area contributed by atoms with Gasteiger partial charge in [0.15, 0.2) is 0 Å². The minimum atomic E-state index is -0.146. The molecule has 2 aliphatic heterocycles. The number of carbonyl (C=O) groups is 2. The number of nitrogens with zero attached hydrogens (tertiary/aromatic N) is 2. The zero-order valence-electron chi connectivity index (χ0n) is 14.9. The van der Waals surface area contributed by atoms with Gasteiger partial charge in [0.1, 0.15) is 0 Å². The largest absolute Gasteiger partial charge is 0.342 e. The summed E-state index contributed by atoms with van der Waals surface area (Å²) in [5.41, 5.74) is 1.06. The molecule has 0 saturated carbocycles. The van der Waals surface area contributed by atoms with Crippen molar-refractivity contribution < 1.29 is 9.59 Å². The molecule has 2 fully saturated rings. The van der Waals surface area contributed by atoms with Crippen LogP contribution >= 0.6 is 0 Å². The number of piperidine rings is 2. The molecule has 0 radical (unpaired) electrons. The molecule has 1 aromatic rings. The second kappa shape index (κ2) is 6.96. The highest BCUT2D eigenvalue weighted by Crippen LogP contribution is 2.37. The van der Waals surface area contributed by atoms with Crippen LogP contribution in [0.25, 0.3) is 0 Å². The second-order valence-corrected chi connectivity index (χ2v) is 7.69. The monoisotopic (exact) mass is 328 g/mol. The fourth-order valence-corrected chi connectivity index (χ4v) is 4.48. The zero-order chi connectivity index (χ0) is 17.3. The normalized spacial score (nSPS) is 31.2. The molecule has 0 aliphatic carbocycles. The summed E-state index contributed by atoms with van der Waals surface area (Å²) in [5, 5.41) is 0. The van der Waals surface area contributed by atoms with E-state index in [0.717, 1.165) is 18.7 Å². The number of likely N-dealkylation sites (tertiary alicyclic amines) is 2. The first-order valence-corrected chi connectivity index (χ1v) is 9.06. The van der Waals surface area contributed by atoms with Crippen molar-refractivity contribution >= 4 is 11.8 Å². The lowest BCUT2D eigenvalue weighted by molar-refractivity contribution is -0.148. The minimum absolute atomic E-state index is 0.132. The van der Waals surface area contributed by atoms with Gasteiger partial charge in [0, 0.05) is 26.6 Å². The van der Waals surface area contributed by atoms with Gasteiger partial charge in [0.05, 0.1) is 12.0 Å². The minimum Gasteiger partial charge on any atom is -0.342 e. The standard InChI is InChI=1S/C20H28N2O2/c1-14-11-15(2)13-22(12-14)20(24)17-9-10-18(23)21(3)19(17)16-7-5-4-6-8-16/h4-8,14-15,17,19H,9-13H2,1-3H3. The van der Waals surface area contributed by atoms with Crippen molar-refractivity contribution in [3.05, 3.63) is 35.9 Å². The summed E-state index contributed by atoms with van der Waals surface area (Å²) in [4.78, 5) is 29.3. The lowest BCUT2D eigenvalue weighted by Crippen LogP contribution is -2.50. The molecule has 2 heterocycles. The summed E-state index contributed by atoms with van der Waals surface area (Å²) >= 11 is 0. The van der Waals surface area contributed by atoms with Gasteiger partial charge in [-0.25, -0.2) is 0 Å². The molecule has 4 unspecified atom stereocenters. The van der Waals surface area contributed by atoms with Crippen molar-refractivity contribution in [3.8, 4) is 0 Å². The SMILES string of the molecule is CC1CC(C)CN(C(=O)C2CCC(=O)N(C)C2c2ccccc2)C1. The number of benzene rings is 1. The lowest BCUT2D eigenvalue weighted by Gasteiger charge is -2.43. The van der Waals surface area contributed by atoms with Crippen molar-refractivity contribution in [2.24, 2.45) is 17.8 Å². The molecule has 0 N–H and O–H groups in total. The molecule has 2 saturated heterocycles. The molecule has 2 aliphatic rings. The van der Waals surface area contributed by atoms with Crippen LogP contribution in [0.4, 0.5) is 0 Å². The Balaban J connectivity index is 1.86. The van der Waals surface area contributed by atoms with Gasteiger partial charge in [-0.3, -0.25) is 9.59 Å². The average Bonchev–Trinajstić information content (AvgIpc) is 2.56. The smallest absolute Gasteiger partial charge is 0.228 e. The Labute approximate surface area is 144 Å². The first-order chi connectivity index (χ1) is 11.5. The van der Waals surface area contributed by atoms with Crippen molar-refractivity contribution in [1.29, 1.82) is 0 Å². The summed E-state index contributed by atoms with van der Waals surface area (Å²) in [6.07, 6.45) is 2.31. The molecule has 130 valence electrons. The Kier molecular flexibility index (Phi) is 4.93. The van der Waals surface area contributed by atoms with E-state index in [1.54, 1.807) is 4.90 Å². The van der Waals surface area contributed by atoms with E-state index in [9.17, 15) is 9.59 Å². The molecular weight excluding hydrogens is 300 g/mol. The number of amides is 2. The van der Waals surface area contributed by atoms with Gasteiger partial charge in [-0.1, -0.05) is 44.2 Å². The molecule has 3 rings (SSSR count). The van der Waals surface area contributed by atoms with Crippen molar-refractivity contribution in [3.63, 3.8) is 0 Å². The van der Waals surface area contributed by atoms with E-state index in [0.29, 0.717) is 24.7 Å². The molecule has 4 atom stereocenters. The number of carbonyl (C=O) groups excluding carboxylic acids is 2. The van der Waals surface area contributed by atoms with Crippen LogP contribution in [0.15, 0.2) is 30.3 Å². The van der Waals surface area contributed by atoms with E-state index in [-0.39, 0.29) is 23.8 Å². The molecule has 4 nitrogen and oxygen atoms in total. The van der Waals surface area contributed by atoms with Crippen LogP contribution < -0.4 is 0 Å². The van der Waals surface area contributed by atoms with Crippen LogP contribution in [-0.4, -0.2) is 41.8 Å². The number of hydrogen-bond donors (Lipinski definition) is 0. The maximum Gasteiger partial charge on any atom is 0.228 e. The third-order valence-electron chi connectivity index (χ3n) is 5.50. The zero-order valence-corrected chi connectivity index (χ0v) is 14.9. The Morgan fingerprint density at radius 2 is 1.71 bits per heavy atom. The molecule has 0 spiro atoms. The maximum absolute atomic E-state index is 13.3. The van der Waals surface area contributed by atoms with E-state index >= 15 is 0 Å². The van der Waals surface area contributed by atoms with Crippen LogP contribution in [-0.2, 0) is 9.59 Å². The van der Waals surface area contributed by atoms with Gasteiger partial charge in [0.25, 0.3) is 0 Å². The maximum atomic E-state index is 13.3. The van der Waals surface area contributed by atoms with E-state index in [4.69, 9.17) is 0 Å². The highest BCUT2D eigenvalue weighted by molar-refractivity contribution is 5.85. The first kappa shape index (κ1) is 17.0. The average molecular weight is 328 g/mol. The fraction of sp³-hybridized carbons (Fsp3) is 0.600. The molecule has 24 heavy (non-hydrogen) atoms. The lowest BCUT2D eigenvalue weighted by atomic mass is 9.82. The van der Waals surface area contributed by atoms with Gasteiger partial charge in [-0.15, -0.1) is 0 Å². The Hall–Kier alpha value is -1.84. The molecular formula is C20H28N2O2. The van der Waals surface area contributed by atoms with Gasteiger partial charge >= 0.3 is 0 Å². The van der Waals surface area contributed by atoms with Crippen LogP contribution in [0.1, 0.15) is 44.7 Å². The highest BCUT2D eigenvalue weighted by atomic mass is 16.2. The molecule has 4 heteroatoms. The van der Waals surface area contributed by atoms with Crippen LogP contribution in [0, 0.1) is 17.8 Å². The van der Waals surface area contributed by atoms with Crippen LogP contribution in [0.5, 0.6) is 0 Å². The predicted molar refractivity (Wildman–Crippen MR) is 94.2 cm³/mol. The quantitative estimate of drug-likeness (QED) is 0.837. The summed E-state index contributed by atoms with van der Waals surface area (Å²) in [6.45, 7) is 6.14. The third-order valence-corrected chi connectivity index (χ3v) is 5.50. The van der Waals surface area contributed by atoms with Crippen molar-refractivity contribution in [1.82, 2.24) is 9.80 Å². The molecule has 0 bridgehead atoms. The van der Waals surface area contributed by atoms with E-state index in [2.05, 4.69) is 13.8 Å². The Morgan fingerprint density at radius 1 is 1.08 bits per heavy atom. The molecule has 1 aromatic carbocycles. The van der Waals surface area contributed by atoms with Crippen LogP contribution in [0.3, 0.4) is 0 Å². The van der Waals surface area contributed by atoms with Gasteiger partial charge in [0.2, 0.25) is 11.8 Å². The van der Waals surface area contributed by atoms with E-state index in [1.807, 2.05) is 42.3 Å². The van der Waals surface area contributed by atoms with E-state index < -0.39 is 0 Å².